The highest BCUT2D eigenvalue weighted by atomic mass is 16.5. The van der Waals surface area contributed by atoms with Crippen molar-refractivity contribution in [2.24, 2.45) is 0 Å². The van der Waals surface area contributed by atoms with E-state index in [4.69, 9.17) is 4.74 Å². The first-order valence-corrected chi connectivity index (χ1v) is 8.61. The van der Waals surface area contributed by atoms with E-state index in [-0.39, 0.29) is 18.0 Å². The number of nitrogens with one attached hydrogen (secondary N) is 1. The van der Waals surface area contributed by atoms with Gasteiger partial charge in [-0.25, -0.2) is 4.79 Å². The molecule has 3 rings (SSSR count). The monoisotopic (exact) mass is 331 g/mol. The number of amides is 3. The maximum Gasteiger partial charge on any atom is 0.321 e. The lowest BCUT2D eigenvalue weighted by molar-refractivity contribution is -0.128. The number of likely N-dealkylation sites (tertiary alicyclic amines) is 2. The molecule has 0 saturated carbocycles. The van der Waals surface area contributed by atoms with Crippen molar-refractivity contribution in [3.8, 4) is 0 Å². The molecule has 1 aromatic carbocycles. The molecule has 1 N–H and O–H groups in total. The third kappa shape index (κ3) is 4.06. The van der Waals surface area contributed by atoms with E-state index in [9.17, 15) is 9.59 Å². The van der Waals surface area contributed by atoms with Gasteiger partial charge in [-0.15, -0.1) is 0 Å². The first-order chi connectivity index (χ1) is 11.7. The zero-order valence-electron chi connectivity index (χ0n) is 14.2. The van der Waals surface area contributed by atoms with E-state index in [1.54, 1.807) is 12.0 Å². The Morgan fingerprint density at radius 2 is 2.21 bits per heavy atom. The lowest BCUT2D eigenvalue weighted by atomic mass is 10.1. The second-order valence-electron chi connectivity index (χ2n) is 6.50. The van der Waals surface area contributed by atoms with Crippen molar-refractivity contribution in [1.82, 2.24) is 9.80 Å². The summed E-state index contributed by atoms with van der Waals surface area (Å²) in [6.07, 6.45) is 3.66. The van der Waals surface area contributed by atoms with Gasteiger partial charge in [0.2, 0.25) is 5.91 Å². The SMILES string of the molecule is CO[C@H]1CCCN(C(=O)Nc2cccc(CN3CCCC3=O)c2)C1. The van der Waals surface area contributed by atoms with Crippen LogP contribution in [0.3, 0.4) is 0 Å². The molecule has 6 heteroatoms. The second-order valence-corrected chi connectivity index (χ2v) is 6.50. The molecular weight excluding hydrogens is 306 g/mol. The highest BCUT2D eigenvalue weighted by molar-refractivity contribution is 5.89. The zero-order valence-corrected chi connectivity index (χ0v) is 14.2. The molecule has 2 aliphatic rings. The number of carbonyl (C=O) groups is 2. The Kier molecular flexibility index (Phi) is 5.35. The molecule has 3 amide bonds. The summed E-state index contributed by atoms with van der Waals surface area (Å²) in [5, 5.41) is 2.96. The molecule has 2 heterocycles. The molecule has 130 valence electrons. The van der Waals surface area contributed by atoms with Crippen LogP contribution in [0.25, 0.3) is 0 Å². The zero-order chi connectivity index (χ0) is 16.9. The van der Waals surface area contributed by atoms with E-state index in [2.05, 4.69) is 5.32 Å². The molecule has 2 saturated heterocycles. The molecule has 0 bridgehead atoms. The van der Waals surface area contributed by atoms with Crippen molar-refractivity contribution in [2.75, 3.05) is 32.1 Å². The largest absolute Gasteiger partial charge is 0.380 e. The fourth-order valence-electron chi connectivity index (χ4n) is 3.36. The Morgan fingerprint density at radius 1 is 1.33 bits per heavy atom. The molecule has 6 nitrogen and oxygen atoms in total. The van der Waals surface area contributed by atoms with Gasteiger partial charge in [0, 0.05) is 45.4 Å². The van der Waals surface area contributed by atoms with Crippen molar-refractivity contribution in [3.05, 3.63) is 29.8 Å². The smallest absolute Gasteiger partial charge is 0.321 e. The molecule has 0 radical (unpaired) electrons. The van der Waals surface area contributed by atoms with Crippen LogP contribution >= 0.6 is 0 Å². The van der Waals surface area contributed by atoms with E-state index < -0.39 is 0 Å². The number of anilines is 1. The number of carbonyl (C=O) groups excluding carboxylic acids is 2. The van der Waals surface area contributed by atoms with Crippen LogP contribution in [0.2, 0.25) is 0 Å². The van der Waals surface area contributed by atoms with E-state index in [0.717, 1.165) is 43.6 Å². The Hall–Kier alpha value is -2.08. The van der Waals surface area contributed by atoms with Gasteiger partial charge in [-0.2, -0.15) is 0 Å². The van der Waals surface area contributed by atoms with Gasteiger partial charge in [-0.3, -0.25) is 4.79 Å². The predicted octanol–water partition coefficient (Wildman–Crippen LogP) is 2.45. The molecule has 1 atom stereocenters. The third-order valence-corrected chi connectivity index (χ3v) is 4.72. The Balaban J connectivity index is 1.59. The molecule has 24 heavy (non-hydrogen) atoms. The standard InChI is InChI=1S/C18H25N3O3/c1-24-16-7-3-10-21(13-16)18(23)19-15-6-2-5-14(11-15)12-20-9-4-8-17(20)22/h2,5-6,11,16H,3-4,7-10,12-13H2,1H3,(H,19,23)/t16-/m0/s1. The van der Waals surface area contributed by atoms with Crippen molar-refractivity contribution in [3.63, 3.8) is 0 Å². The summed E-state index contributed by atoms with van der Waals surface area (Å²) in [5.74, 6) is 0.211. The first kappa shape index (κ1) is 16.8. The number of hydrogen-bond donors (Lipinski definition) is 1. The predicted molar refractivity (Wildman–Crippen MR) is 91.7 cm³/mol. The van der Waals surface area contributed by atoms with E-state index in [1.807, 2.05) is 29.2 Å². The summed E-state index contributed by atoms with van der Waals surface area (Å²) < 4.78 is 5.37. The molecule has 0 aliphatic carbocycles. The minimum atomic E-state index is -0.0915. The molecule has 0 aromatic heterocycles. The van der Waals surface area contributed by atoms with Gasteiger partial charge in [0.25, 0.3) is 0 Å². The van der Waals surface area contributed by atoms with Crippen molar-refractivity contribution in [1.29, 1.82) is 0 Å². The van der Waals surface area contributed by atoms with Crippen LogP contribution in [0.15, 0.2) is 24.3 Å². The number of urea groups is 1. The number of methoxy groups -OCH3 is 1. The minimum absolute atomic E-state index is 0.0915. The molecule has 0 spiro atoms. The number of benzene rings is 1. The number of hydrogen-bond acceptors (Lipinski definition) is 3. The fraction of sp³-hybridized carbons (Fsp3) is 0.556. The maximum absolute atomic E-state index is 12.4. The van der Waals surface area contributed by atoms with Crippen molar-refractivity contribution >= 4 is 17.6 Å². The average molecular weight is 331 g/mol. The number of nitrogens with zero attached hydrogens (tertiary/aromatic N) is 2. The van der Waals surface area contributed by atoms with Gasteiger partial charge in [-0.1, -0.05) is 12.1 Å². The van der Waals surface area contributed by atoms with Crippen LogP contribution < -0.4 is 5.32 Å². The van der Waals surface area contributed by atoms with Crippen LogP contribution in [0, 0.1) is 0 Å². The number of rotatable bonds is 4. The second kappa shape index (κ2) is 7.66. The molecule has 1 aromatic rings. The average Bonchev–Trinajstić information content (AvgIpc) is 3.00. The van der Waals surface area contributed by atoms with Crippen LogP contribution in [0.5, 0.6) is 0 Å². The summed E-state index contributed by atoms with van der Waals surface area (Å²) in [7, 11) is 1.69. The van der Waals surface area contributed by atoms with E-state index in [1.165, 1.54) is 0 Å². The van der Waals surface area contributed by atoms with Gasteiger partial charge in [-0.05, 0) is 37.0 Å². The summed E-state index contributed by atoms with van der Waals surface area (Å²) >= 11 is 0. The third-order valence-electron chi connectivity index (χ3n) is 4.72. The summed E-state index contributed by atoms with van der Waals surface area (Å²) in [4.78, 5) is 27.8. The summed E-state index contributed by atoms with van der Waals surface area (Å²) in [5.41, 5.74) is 1.81. The molecule has 0 unspecified atom stereocenters. The van der Waals surface area contributed by atoms with Gasteiger partial charge >= 0.3 is 6.03 Å². The first-order valence-electron chi connectivity index (χ1n) is 8.61. The quantitative estimate of drug-likeness (QED) is 0.922. The minimum Gasteiger partial charge on any atom is -0.380 e. The summed E-state index contributed by atoms with van der Waals surface area (Å²) in [6, 6.07) is 7.64. The van der Waals surface area contributed by atoms with Gasteiger partial charge in [0.1, 0.15) is 0 Å². The Labute approximate surface area is 142 Å². The van der Waals surface area contributed by atoms with Gasteiger partial charge in [0.05, 0.1) is 6.10 Å². The van der Waals surface area contributed by atoms with Crippen LogP contribution in [0.1, 0.15) is 31.2 Å². The number of piperidine rings is 1. The van der Waals surface area contributed by atoms with Crippen molar-refractivity contribution in [2.45, 2.75) is 38.3 Å². The Morgan fingerprint density at radius 3 is 2.96 bits per heavy atom. The lowest BCUT2D eigenvalue weighted by Crippen LogP contribution is -2.44. The highest BCUT2D eigenvalue weighted by Crippen LogP contribution is 2.18. The van der Waals surface area contributed by atoms with Crippen LogP contribution in [0.4, 0.5) is 10.5 Å². The number of ether oxygens (including phenoxy) is 1. The van der Waals surface area contributed by atoms with E-state index >= 15 is 0 Å². The summed E-state index contributed by atoms with van der Waals surface area (Å²) in [6.45, 7) is 2.82. The van der Waals surface area contributed by atoms with Crippen molar-refractivity contribution < 1.29 is 14.3 Å². The molecule has 2 fully saturated rings. The topological polar surface area (TPSA) is 61.9 Å². The lowest BCUT2D eigenvalue weighted by Gasteiger charge is -2.32. The van der Waals surface area contributed by atoms with Crippen LogP contribution in [-0.2, 0) is 16.1 Å². The maximum atomic E-state index is 12.4. The van der Waals surface area contributed by atoms with Gasteiger partial charge in [0.15, 0.2) is 0 Å². The molecular formula is C18H25N3O3. The van der Waals surface area contributed by atoms with Gasteiger partial charge < -0.3 is 19.9 Å². The Bertz CT molecular complexity index is 605. The van der Waals surface area contributed by atoms with Crippen LogP contribution in [-0.4, -0.2) is 54.6 Å². The molecule has 2 aliphatic heterocycles. The normalized spacial score (nSPS) is 21.2. The van der Waals surface area contributed by atoms with E-state index in [0.29, 0.717) is 19.5 Å². The highest BCUT2D eigenvalue weighted by Gasteiger charge is 2.24. The fourth-order valence-corrected chi connectivity index (χ4v) is 3.36.